The molecule has 7 heteroatoms. The van der Waals surface area contributed by atoms with E-state index in [2.05, 4.69) is 5.32 Å². The number of carbonyl (C=O) groups excluding carboxylic acids is 3. The first-order valence-corrected chi connectivity index (χ1v) is 10.1. The molecule has 0 aromatic heterocycles. The van der Waals surface area contributed by atoms with Crippen LogP contribution >= 0.6 is 0 Å². The first-order valence-electron chi connectivity index (χ1n) is 10.1. The number of nitrogens with one attached hydrogen (secondary N) is 1. The van der Waals surface area contributed by atoms with Crippen molar-refractivity contribution in [3.8, 4) is 5.75 Å². The molecule has 7 nitrogen and oxygen atoms in total. The number of carbonyl (C=O) groups is 3. The van der Waals surface area contributed by atoms with Crippen LogP contribution < -0.4 is 10.1 Å². The van der Waals surface area contributed by atoms with Crippen LogP contribution in [-0.4, -0.2) is 48.9 Å². The second-order valence-corrected chi connectivity index (χ2v) is 6.92. The molecule has 0 unspecified atom stereocenters. The van der Waals surface area contributed by atoms with Crippen LogP contribution in [0.25, 0.3) is 0 Å². The van der Waals surface area contributed by atoms with E-state index < -0.39 is 18.0 Å². The Kier molecular flexibility index (Phi) is 7.43. The van der Waals surface area contributed by atoms with Gasteiger partial charge in [-0.25, -0.2) is 0 Å². The van der Waals surface area contributed by atoms with E-state index in [1.807, 2.05) is 13.0 Å². The van der Waals surface area contributed by atoms with Gasteiger partial charge in [0.05, 0.1) is 12.2 Å². The molecule has 1 N–H and O–H groups in total. The highest BCUT2D eigenvalue weighted by atomic mass is 16.5. The zero-order valence-electron chi connectivity index (χ0n) is 17.0. The monoisotopic (exact) mass is 410 g/mol. The maximum atomic E-state index is 12.9. The molecule has 30 heavy (non-hydrogen) atoms. The third kappa shape index (κ3) is 5.37. The molecule has 1 fully saturated rings. The van der Waals surface area contributed by atoms with Crippen molar-refractivity contribution in [2.45, 2.75) is 25.9 Å². The molecule has 1 atom stereocenters. The zero-order chi connectivity index (χ0) is 21.3. The van der Waals surface area contributed by atoms with E-state index in [0.717, 1.165) is 12.8 Å². The smallest absolute Gasteiger partial charge is 0.326 e. The van der Waals surface area contributed by atoms with Crippen LogP contribution in [0, 0.1) is 0 Å². The molecule has 1 aliphatic rings. The molecule has 1 heterocycles. The van der Waals surface area contributed by atoms with E-state index in [-0.39, 0.29) is 12.5 Å². The minimum atomic E-state index is -1.02. The molecule has 0 bridgehead atoms. The molecule has 0 saturated carbocycles. The molecular weight excluding hydrogens is 384 g/mol. The van der Waals surface area contributed by atoms with Gasteiger partial charge in [-0.3, -0.25) is 14.4 Å². The van der Waals surface area contributed by atoms with Crippen molar-refractivity contribution in [3.63, 3.8) is 0 Å². The van der Waals surface area contributed by atoms with Crippen molar-refractivity contribution in [2.24, 2.45) is 0 Å². The van der Waals surface area contributed by atoms with Crippen LogP contribution in [0.1, 0.15) is 41.8 Å². The summed E-state index contributed by atoms with van der Waals surface area (Å²) in [6.45, 7) is 3.21. The number of amides is 2. The van der Waals surface area contributed by atoms with Gasteiger partial charge in [-0.2, -0.15) is 0 Å². The molecule has 3 rings (SSSR count). The standard InChI is InChI=1S/C23H26N2O5/c1-2-29-19-13-7-6-12-18(19)22(27)24-16-20(26)30-21(17-10-4-3-5-11-17)23(28)25-14-8-9-15-25/h3-7,10-13,21H,2,8-9,14-16H2,1H3,(H,24,27)/t21-/m0/s1. The molecule has 2 amide bonds. The lowest BCUT2D eigenvalue weighted by Gasteiger charge is -2.23. The average molecular weight is 410 g/mol. The summed E-state index contributed by atoms with van der Waals surface area (Å²) in [5, 5.41) is 2.54. The highest BCUT2D eigenvalue weighted by molar-refractivity contribution is 5.98. The number of hydrogen-bond donors (Lipinski definition) is 1. The fraction of sp³-hybridized carbons (Fsp3) is 0.348. The minimum Gasteiger partial charge on any atom is -0.493 e. The Morgan fingerprint density at radius 2 is 1.67 bits per heavy atom. The van der Waals surface area contributed by atoms with Gasteiger partial charge in [0.15, 0.2) is 0 Å². The third-order valence-corrected chi connectivity index (χ3v) is 4.82. The van der Waals surface area contributed by atoms with Crippen LogP contribution in [-0.2, 0) is 14.3 Å². The van der Waals surface area contributed by atoms with E-state index in [4.69, 9.17) is 9.47 Å². The molecule has 0 spiro atoms. The quantitative estimate of drug-likeness (QED) is 0.677. The van der Waals surface area contributed by atoms with Gasteiger partial charge in [0, 0.05) is 18.7 Å². The fourth-order valence-corrected chi connectivity index (χ4v) is 3.35. The molecule has 1 saturated heterocycles. The van der Waals surface area contributed by atoms with Crippen molar-refractivity contribution < 1.29 is 23.9 Å². The number of benzene rings is 2. The Morgan fingerprint density at radius 1 is 1.00 bits per heavy atom. The lowest BCUT2D eigenvalue weighted by atomic mass is 10.1. The normalized spacial score (nSPS) is 14.1. The van der Waals surface area contributed by atoms with Gasteiger partial charge in [0.1, 0.15) is 12.3 Å². The lowest BCUT2D eigenvalue weighted by Crippen LogP contribution is -2.37. The van der Waals surface area contributed by atoms with Crippen molar-refractivity contribution in [1.82, 2.24) is 10.2 Å². The van der Waals surface area contributed by atoms with E-state index in [9.17, 15) is 14.4 Å². The maximum absolute atomic E-state index is 12.9. The SMILES string of the molecule is CCOc1ccccc1C(=O)NCC(=O)O[C@H](C(=O)N1CCCC1)c1ccccc1. The third-order valence-electron chi connectivity index (χ3n) is 4.82. The predicted octanol–water partition coefficient (Wildman–Crippen LogP) is 2.72. The number of ether oxygens (including phenoxy) is 2. The van der Waals surface area contributed by atoms with Gasteiger partial charge in [0.25, 0.3) is 11.8 Å². The zero-order valence-corrected chi connectivity index (χ0v) is 17.0. The van der Waals surface area contributed by atoms with E-state index in [1.54, 1.807) is 53.4 Å². The summed E-state index contributed by atoms with van der Waals surface area (Å²) < 4.78 is 10.9. The molecular formula is C23H26N2O5. The molecule has 0 radical (unpaired) electrons. The van der Waals surface area contributed by atoms with Gasteiger partial charge in [-0.15, -0.1) is 0 Å². The Morgan fingerprint density at radius 3 is 2.37 bits per heavy atom. The number of likely N-dealkylation sites (tertiary alicyclic amines) is 1. The second-order valence-electron chi connectivity index (χ2n) is 6.92. The second kappa shape index (κ2) is 10.4. The Labute approximate surface area is 176 Å². The van der Waals surface area contributed by atoms with Crippen molar-refractivity contribution in [1.29, 1.82) is 0 Å². The van der Waals surface area contributed by atoms with Crippen LogP contribution in [0.2, 0.25) is 0 Å². The molecule has 0 aliphatic carbocycles. The van der Waals surface area contributed by atoms with E-state index in [1.165, 1.54) is 0 Å². The lowest BCUT2D eigenvalue weighted by molar-refractivity contribution is -0.159. The molecule has 1 aliphatic heterocycles. The number of hydrogen-bond acceptors (Lipinski definition) is 5. The minimum absolute atomic E-state index is 0.236. The van der Waals surface area contributed by atoms with Crippen LogP contribution in [0.3, 0.4) is 0 Å². The number of rotatable bonds is 8. The van der Waals surface area contributed by atoms with Gasteiger partial charge in [-0.1, -0.05) is 42.5 Å². The summed E-state index contributed by atoms with van der Waals surface area (Å²) in [5.74, 6) is -0.922. The maximum Gasteiger partial charge on any atom is 0.326 e. The van der Waals surface area contributed by atoms with Crippen molar-refractivity contribution in [2.75, 3.05) is 26.2 Å². The summed E-state index contributed by atoms with van der Waals surface area (Å²) in [6.07, 6.45) is 0.858. The average Bonchev–Trinajstić information content (AvgIpc) is 3.31. The fourth-order valence-electron chi connectivity index (χ4n) is 3.35. The Balaban J connectivity index is 1.64. The van der Waals surface area contributed by atoms with Crippen LogP contribution in [0.15, 0.2) is 54.6 Å². The number of nitrogens with zero attached hydrogens (tertiary/aromatic N) is 1. The van der Waals surface area contributed by atoms with Gasteiger partial charge in [0.2, 0.25) is 6.10 Å². The first kappa shape index (κ1) is 21.4. The van der Waals surface area contributed by atoms with Crippen molar-refractivity contribution in [3.05, 3.63) is 65.7 Å². The summed E-state index contributed by atoms with van der Waals surface area (Å²) in [5.41, 5.74) is 0.940. The Hall–Kier alpha value is -3.35. The summed E-state index contributed by atoms with van der Waals surface area (Å²) in [7, 11) is 0. The highest BCUT2D eigenvalue weighted by Gasteiger charge is 2.31. The molecule has 2 aromatic carbocycles. The summed E-state index contributed by atoms with van der Waals surface area (Å²) >= 11 is 0. The summed E-state index contributed by atoms with van der Waals surface area (Å²) in [4.78, 5) is 39.5. The molecule has 158 valence electrons. The molecule has 2 aromatic rings. The number of para-hydroxylation sites is 1. The van der Waals surface area contributed by atoms with Crippen LogP contribution in [0.5, 0.6) is 5.75 Å². The van der Waals surface area contributed by atoms with E-state index >= 15 is 0 Å². The van der Waals surface area contributed by atoms with Gasteiger partial charge < -0.3 is 19.7 Å². The largest absolute Gasteiger partial charge is 0.493 e. The topological polar surface area (TPSA) is 84.9 Å². The highest BCUT2D eigenvalue weighted by Crippen LogP contribution is 2.23. The van der Waals surface area contributed by atoms with Crippen LogP contribution in [0.4, 0.5) is 0 Å². The van der Waals surface area contributed by atoms with E-state index in [0.29, 0.717) is 36.6 Å². The van der Waals surface area contributed by atoms with Gasteiger partial charge >= 0.3 is 5.97 Å². The Bertz CT molecular complexity index is 878. The number of esters is 1. The van der Waals surface area contributed by atoms with Gasteiger partial charge in [-0.05, 0) is 31.9 Å². The first-order chi connectivity index (χ1) is 14.6. The predicted molar refractivity (Wildman–Crippen MR) is 111 cm³/mol. The van der Waals surface area contributed by atoms with Crippen molar-refractivity contribution >= 4 is 17.8 Å². The summed E-state index contributed by atoms with van der Waals surface area (Å²) in [6, 6.07) is 15.7.